The molecule has 0 bridgehead atoms. The Balaban J connectivity index is 1.84. The highest BCUT2D eigenvalue weighted by atomic mass is 32.1. The Morgan fingerprint density at radius 3 is 2.37 bits per heavy atom. The molecule has 2 aromatic carbocycles. The number of aromatic nitrogens is 1. The van der Waals surface area contributed by atoms with Crippen molar-refractivity contribution in [2.45, 2.75) is 13.8 Å². The van der Waals surface area contributed by atoms with E-state index in [0.29, 0.717) is 13.2 Å². The van der Waals surface area contributed by atoms with Crippen LogP contribution in [0.5, 0.6) is 11.5 Å². The molecule has 0 radical (unpaired) electrons. The zero-order valence-electron chi connectivity index (χ0n) is 15.2. The van der Waals surface area contributed by atoms with Gasteiger partial charge in [0.1, 0.15) is 5.01 Å². The fourth-order valence-electron chi connectivity index (χ4n) is 2.59. The topological polar surface area (TPSA) is 69.4 Å². The van der Waals surface area contributed by atoms with E-state index in [1.165, 1.54) is 0 Å². The summed E-state index contributed by atoms with van der Waals surface area (Å²) >= 11 is 6.45. The lowest BCUT2D eigenvalue weighted by Gasteiger charge is -2.11. The predicted octanol–water partition coefficient (Wildman–Crippen LogP) is 4.93. The molecule has 0 saturated heterocycles. The molecule has 1 aromatic heterocycles. The number of hydrogen-bond donors (Lipinski definition) is 2. The normalized spacial score (nSPS) is 10.4. The number of hydrogen-bond acceptors (Lipinski definition) is 5. The average molecular weight is 400 g/mol. The van der Waals surface area contributed by atoms with Gasteiger partial charge in [-0.25, -0.2) is 4.98 Å². The summed E-state index contributed by atoms with van der Waals surface area (Å²) in [5.74, 6) is 1.49. The van der Waals surface area contributed by atoms with Gasteiger partial charge in [-0.1, -0.05) is 12.1 Å². The van der Waals surface area contributed by atoms with E-state index in [-0.39, 0.29) is 5.11 Å². The number of benzene rings is 2. The van der Waals surface area contributed by atoms with E-state index < -0.39 is 0 Å². The quantitative estimate of drug-likeness (QED) is 0.549. The van der Waals surface area contributed by atoms with Crippen LogP contribution in [-0.4, -0.2) is 23.3 Å². The SMILES string of the molecule is CCOc1ccc(-c2nc(-c3ccc(NC(N)=S)cc3)cs2)cc1OCC. The van der Waals surface area contributed by atoms with Crippen LogP contribution >= 0.6 is 23.6 Å². The van der Waals surface area contributed by atoms with Crippen molar-refractivity contribution >= 4 is 34.4 Å². The van der Waals surface area contributed by atoms with Gasteiger partial charge < -0.3 is 20.5 Å². The molecule has 0 fully saturated rings. The fourth-order valence-corrected chi connectivity index (χ4v) is 3.53. The molecule has 0 aliphatic heterocycles. The van der Waals surface area contributed by atoms with Crippen LogP contribution in [0.3, 0.4) is 0 Å². The molecule has 5 nitrogen and oxygen atoms in total. The van der Waals surface area contributed by atoms with Gasteiger partial charge in [0, 0.05) is 22.2 Å². The first-order valence-corrected chi connectivity index (χ1v) is 9.92. The van der Waals surface area contributed by atoms with Crippen LogP contribution in [0.2, 0.25) is 0 Å². The van der Waals surface area contributed by atoms with Crippen molar-refractivity contribution < 1.29 is 9.47 Å². The van der Waals surface area contributed by atoms with Gasteiger partial charge in [0.15, 0.2) is 16.6 Å². The van der Waals surface area contributed by atoms with Gasteiger partial charge in [-0.3, -0.25) is 0 Å². The molecular weight excluding hydrogens is 378 g/mol. The Morgan fingerprint density at radius 1 is 1.04 bits per heavy atom. The smallest absolute Gasteiger partial charge is 0.168 e. The number of nitrogens with zero attached hydrogens (tertiary/aromatic N) is 1. The van der Waals surface area contributed by atoms with E-state index in [1.807, 2.05) is 61.7 Å². The maximum atomic E-state index is 5.71. The van der Waals surface area contributed by atoms with Gasteiger partial charge in [-0.15, -0.1) is 11.3 Å². The van der Waals surface area contributed by atoms with Crippen molar-refractivity contribution in [2.24, 2.45) is 5.73 Å². The van der Waals surface area contributed by atoms with Gasteiger partial charge in [0.2, 0.25) is 0 Å². The molecule has 0 spiro atoms. The molecular formula is C20H21N3O2S2. The van der Waals surface area contributed by atoms with Crippen molar-refractivity contribution in [3.8, 4) is 33.3 Å². The molecule has 0 aliphatic carbocycles. The molecule has 3 aromatic rings. The second-order valence-electron chi connectivity index (χ2n) is 5.63. The first-order chi connectivity index (χ1) is 13.1. The van der Waals surface area contributed by atoms with Crippen LogP contribution < -0.4 is 20.5 Å². The number of nitrogens with one attached hydrogen (secondary N) is 1. The highest BCUT2D eigenvalue weighted by molar-refractivity contribution is 7.80. The fraction of sp³-hybridized carbons (Fsp3) is 0.200. The van der Waals surface area contributed by atoms with Crippen LogP contribution in [0.15, 0.2) is 47.8 Å². The van der Waals surface area contributed by atoms with Gasteiger partial charge in [0.25, 0.3) is 0 Å². The molecule has 0 aliphatic rings. The minimum absolute atomic E-state index is 0.249. The summed E-state index contributed by atoms with van der Waals surface area (Å²) in [6, 6.07) is 13.8. The van der Waals surface area contributed by atoms with Crippen LogP contribution in [0.25, 0.3) is 21.8 Å². The number of thiazole rings is 1. The monoisotopic (exact) mass is 399 g/mol. The summed E-state index contributed by atoms with van der Waals surface area (Å²) < 4.78 is 11.3. The molecule has 140 valence electrons. The van der Waals surface area contributed by atoms with E-state index in [1.54, 1.807) is 11.3 Å². The second-order valence-corrected chi connectivity index (χ2v) is 6.93. The third-order valence-electron chi connectivity index (χ3n) is 3.74. The zero-order valence-corrected chi connectivity index (χ0v) is 16.8. The molecule has 1 heterocycles. The summed E-state index contributed by atoms with van der Waals surface area (Å²) in [6.45, 7) is 5.10. The van der Waals surface area contributed by atoms with E-state index in [2.05, 4.69) is 5.32 Å². The van der Waals surface area contributed by atoms with Crippen LogP contribution in [0, 0.1) is 0 Å². The lowest BCUT2D eigenvalue weighted by molar-refractivity contribution is 0.288. The largest absolute Gasteiger partial charge is 0.490 e. The van der Waals surface area contributed by atoms with Crippen molar-refractivity contribution in [2.75, 3.05) is 18.5 Å². The predicted molar refractivity (Wildman–Crippen MR) is 116 cm³/mol. The third-order valence-corrected chi connectivity index (χ3v) is 4.74. The minimum Gasteiger partial charge on any atom is -0.490 e. The highest BCUT2D eigenvalue weighted by Gasteiger charge is 2.11. The van der Waals surface area contributed by atoms with E-state index in [4.69, 9.17) is 32.4 Å². The van der Waals surface area contributed by atoms with E-state index in [9.17, 15) is 0 Å². The number of ether oxygens (including phenoxy) is 2. The number of nitrogens with two attached hydrogens (primary N) is 1. The number of anilines is 1. The number of thiocarbonyl (C=S) groups is 1. The van der Waals surface area contributed by atoms with Crippen LogP contribution in [0.1, 0.15) is 13.8 Å². The summed E-state index contributed by atoms with van der Waals surface area (Å²) in [5.41, 5.74) is 9.31. The van der Waals surface area contributed by atoms with Gasteiger partial charge >= 0.3 is 0 Å². The molecule has 27 heavy (non-hydrogen) atoms. The second kappa shape index (κ2) is 8.83. The maximum Gasteiger partial charge on any atom is 0.168 e. The van der Waals surface area contributed by atoms with Gasteiger partial charge in [0.05, 0.1) is 18.9 Å². The third kappa shape index (κ3) is 4.75. The minimum atomic E-state index is 0.249. The number of rotatable bonds is 7. The summed E-state index contributed by atoms with van der Waals surface area (Å²) in [7, 11) is 0. The molecule has 0 unspecified atom stereocenters. The molecule has 3 rings (SSSR count). The molecule has 0 atom stereocenters. The highest BCUT2D eigenvalue weighted by Crippen LogP contribution is 2.35. The standard InChI is InChI=1S/C20H21N3O2S2/c1-3-24-17-10-7-14(11-18(17)25-4-2)19-23-16(12-27-19)13-5-8-15(9-6-13)22-20(21)26/h5-12H,3-4H2,1-2H3,(H3,21,22,26). The Morgan fingerprint density at radius 2 is 1.70 bits per heavy atom. The first-order valence-electron chi connectivity index (χ1n) is 8.63. The van der Waals surface area contributed by atoms with E-state index >= 15 is 0 Å². The van der Waals surface area contributed by atoms with Crippen molar-refractivity contribution in [3.05, 3.63) is 47.8 Å². The van der Waals surface area contributed by atoms with Crippen LogP contribution in [-0.2, 0) is 0 Å². The summed E-state index contributed by atoms with van der Waals surface area (Å²) in [4.78, 5) is 4.77. The average Bonchev–Trinajstić information content (AvgIpc) is 3.14. The van der Waals surface area contributed by atoms with Crippen LogP contribution in [0.4, 0.5) is 5.69 Å². The Hall–Kier alpha value is -2.64. The summed E-state index contributed by atoms with van der Waals surface area (Å²) in [5, 5.41) is 6.14. The Labute approximate surface area is 168 Å². The van der Waals surface area contributed by atoms with E-state index in [0.717, 1.165) is 39.0 Å². The lowest BCUT2D eigenvalue weighted by atomic mass is 10.1. The Kier molecular flexibility index (Phi) is 6.26. The maximum absolute atomic E-state index is 5.71. The zero-order chi connectivity index (χ0) is 19.2. The molecule has 0 amide bonds. The van der Waals surface area contributed by atoms with Crippen molar-refractivity contribution in [1.82, 2.24) is 4.98 Å². The molecule has 3 N–H and O–H groups in total. The first kappa shape index (κ1) is 19.1. The molecule has 7 heteroatoms. The Bertz CT molecular complexity index is 923. The van der Waals surface area contributed by atoms with Crippen molar-refractivity contribution in [3.63, 3.8) is 0 Å². The molecule has 0 saturated carbocycles. The van der Waals surface area contributed by atoms with Gasteiger partial charge in [-0.2, -0.15) is 0 Å². The lowest BCUT2D eigenvalue weighted by Crippen LogP contribution is -2.18. The summed E-state index contributed by atoms with van der Waals surface area (Å²) in [6.07, 6.45) is 0. The van der Waals surface area contributed by atoms with Crippen molar-refractivity contribution in [1.29, 1.82) is 0 Å². The van der Waals surface area contributed by atoms with Gasteiger partial charge in [-0.05, 0) is 56.4 Å².